The van der Waals surface area contributed by atoms with Gasteiger partial charge in [0.1, 0.15) is 11.9 Å². The van der Waals surface area contributed by atoms with Crippen LogP contribution in [0.2, 0.25) is 0 Å². The molecule has 0 aromatic carbocycles. The predicted octanol–water partition coefficient (Wildman–Crippen LogP) is 2.70. The lowest BCUT2D eigenvalue weighted by molar-refractivity contribution is -0.138. The quantitative estimate of drug-likeness (QED) is 0.898. The Kier molecular flexibility index (Phi) is 4.14. The fourth-order valence-corrected chi connectivity index (χ4v) is 1.53. The standard InChI is InChI=1S/C12H15F3N2O2/c1-2-3-16-10-4-8(12(13,14)15)5-11(17-10)19-9-6-18-7-9/h4-5,9H,2-3,6-7H2,1H3,(H,16,17). The van der Waals surface area contributed by atoms with E-state index in [2.05, 4.69) is 10.3 Å². The van der Waals surface area contributed by atoms with Gasteiger partial charge in [-0.15, -0.1) is 0 Å². The highest BCUT2D eigenvalue weighted by Gasteiger charge is 2.32. The van der Waals surface area contributed by atoms with Crippen LogP contribution in [-0.4, -0.2) is 30.8 Å². The maximum Gasteiger partial charge on any atom is 0.416 e. The van der Waals surface area contributed by atoms with Crippen LogP contribution in [0.4, 0.5) is 19.0 Å². The summed E-state index contributed by atoms with van der Waals surface area (Å²) in [5.74, 6) is 0.147. The lowest BCUT2D eigenvalue weighted by atomic mass is 10.2. The van der Waals surface area contributed by atoms with Crippen molar-refractivity contribution in [2.75, 3.05) is 25.1 Å². The van der Waals surface area contributed by atoms with Gasteiger partial charge < -0.3 is 14.8 Å². The molecule has 1 aromatic rings. The van der Waals surface area contributed by atoms with E-state index in [0.29, 0.717) is 19.8 Å². The summed E-state index contributed by atoms with van der Waals surface area (Å²) in [5, 5.41) is 2.83. The van der Waals surface area contributed by atoms with E-state index in [1.807, 2.05) is 6.92 Å². The summed E-state index contributed by atoms with van der Waals surface area (Å²) in [6, 6.07) is 1.90. The van der Waals surface area contributed by atoms with Crippen LogP contribution in [0.25, 0.3) is 0 Å². The summed E-state index contributed by atoms with van der Waals surface area (Å²) >= 11 is 0. The molecule has 1 aliphatic heterocycles. The molecule has 1 N–H and O–H groups in total. The van der Waals surface area contributed by atoms with E-state index in [-0.39, 0.29) is 17.8 Å². The van der Waals surface area contributed by atoms with Gasteiger partial charge in [-0.1, -0.05) is 6.92 Å². The molecule has 2 rings (SSSR count). The van der Waals surface area contributed by atoms with Gasteiger partial charge in [-0.25, -0.2) is 0 Å². The zero-order valence-electron chi connectivity index (χ0n) is 10.5. The average molecular weight is 276 g/mol. The van der Waals surface area contributed by atoms with Gasteiger partial charge in [0.2, 0.25) is 5.88 Å². The minimum absolute atomic E-state index is 0.0262. The highest BCUT2D eigenvalue weighted by atomic mass is 19.4. The van der Waals surface area contributed by atoms with Gasteiger partial charge in [-0.2, -0.15) is 18.2 Å². The molecule has 0 amide bonds. The second kappa shape index (κ2) is 5.64. The number of nitrogens with zero attached hydrogens (tertiary/aromatic N) is 1. The summed E-state index contributed by atoms with van der Waals surface area (Å²) in [6.07, 6.45) is -3.83. The van der Waals surface area contributed by atoms with E-state index in [9.17, 15) is 13.2 Å². The van der Waals surface area contributed by atoms with Crippen LogP contribution < -0.4 is 10.1 Å². The largest absolute Gasteiger partial charge is 0.469 e. The zero-order valence-corrected chi connectivity index (χ0v) is 10.5. The monoisotopic (exact) mass is 276 g/mol. The van der Waals surface area contributed by atoms with Gasteiger partial charge in [-0.05, 0) is 12.5 Å². The van der Waals surface area contributed by atoms with Crippen molar-refractivity contribution in [2.45, 2.75) is 25.6 Å². The molecule has 0 unspecified atom stereocenters. The summed E-state index contributed by atoms with van der Waals surface area (Å²) in [7, 11) is 0. The van der Waals surface area contributed by atoms with Crippen molar-refractivity contribution in [3.63, 3.8) is 0 Å². The Morgan fingerprint density at radius 3 is 2.68 bits per heavy atom. The first-order chi connectivity index (χ1) is 8.99. The first kappa shape index (κ1) is 13.9. The molecule has 19 heavy (non-hydrogen) atoms. The third kappa shape index (κ3) is 3.73. The van der Waals surface area contributed by atoms with Gasteiger partial charge in [-0.3, -0.25) is 0 Å². The van der Waals surface area contributed by atoms with Crippen LogP contribution in [0.3, 0.4) is 0 Å². The molecule has 1 aromatic heterocycles. The van der Waals surface area contributed by atoms with Crippen LogP contribution >= 0.6 is 0 Å². The van der Waals surface area contributed by atoms with Gasteiger partial charge in [0.25, 0.3) is 0 Å². The van der Waals surface area contributed by atoms with Gasteiger partial charge >= 0.3 is 6.18 Å². The van der Waals surface area contributed by atoms with E-state index in [0.717, 1.165) is 18.6 Å². The molecule has 106 valence electrons. The lowest BCUT2D eigenvalue weighted by Gasteiger charge is -2.26. The maximum atomic E-state index is 12.8. The number of alkyl halides is 3. The van der Waals surface area contributed by atoms with Crippen molar-refractivity contribution >= 4 is 5.82 Å². The Balaban J connectivity index is 2.19. The number of nitrogens with one attached hydrogen (secondary N) is 1. The number of hydrogen-bond donors (Lipinski definition) is 1. The van der Waals surface area contributed by atoms with E-state index in [4.69, 9.17) is 9.47 Å². The fourth-order valence-electron chi connectivity index (χ4n) is 1.53. The number of pyridine rings is 1. The molecule has 0 bridgehead atoms. The highest BCUT2D eigenvalue weighted by molar-refractivity contribution is 5.42. The van der Waals surface area contributed by atoms with Crippen molar-refractivity contribution < 1.29 is 22.6 Å². The van der Waals surface area contributed by atoms with Crippen molar-refractivity contribution in [3.8, 4) is 5.88 Å². The average Bonchev–Trinajstić information content (AvgIpc) is 2.30. The van der Waals surface area contributed by atoms with Crippen LogP contribution in [0.5, 0.6) is 5.88 Å². The minimum Gasteiger partial charge on any atom is -0.469 e. The van der Waals surface area contributed by atoms with Gasteiger partial charge in [0.05, 0.1) is 18.8 Å². The summed E-state index contributed by atoms with van der Waals surface area (Å²) in [4.78, 5) is 4.02. The SMILES string of the molecule is CCCNc1cc(C(F)(F)F)cc(OC2COC2)n1. The normalized spacial score (nSPS) is 16.0. The molecule has 0 spiro atoms. The zero-order chi connectivity index (χ0) is 13.9. The number of ether oxygens (including phenoxy) is 2. The fraction of sp³-hybridized carbons (Fsp3) is 0.583. The van der Waals surface area contributed by atoms with Crippen LogP contribution in [0, 0.1) is 0 Å². The Morgan fingerprint density at radius 2 is 2.16 bits per heavy atom. The maximum absolute atomic E-state index is 12.8. The number of anilines is 1. The Hall–Kier alpha value is -1.50. The van der Waals surface area contributed by atoms with Crippen molar-refractivity contribution in [2.24, 2.45) is 0 Å². The minimum atomic E-state index is -4.42. The lowest BCUT2D eigenvalue weighted by Crippen LogP contribution is -2.38. The second-order valence-electron chi connectivity index (χ2n) is 4.28. The van der Waals surface area contributed by atoms with E-state index < -0.39 is 11.7 Å². The predicted molar refractivity (Wildman–Crippen MR) is 63.3 cm³/mol. The number of aromatic nitrogens is 1. The Labute approximate surface area is 108 Å². The molecule has 1 saturated heterocycles. The van der Waals surface area contributed by atoms with Crippen LogP contribution in [0.1, 0.15) is 18.9 Å². The molecule has 1 aliphatic rings. The van der Waals surface area contributed by atoms with Crippen molar-refractivity contribution in [1.29, 1.82) is 0 Å². The van der Waals surface area contributed by atoms with E-state index in [1.165, 1.54) is 0 Å². The van der Waals surface area contributed by atoms with Crippen LogP contribution in [-0.2, 0) is 10.9 Å². The highest BCUT2D eigenvalue weighted by Crippen LogP contribution is 2.33. The molecule has 0 saturated carbocycles. The summed E-state index contributed by atoms with van der Waals surface area (Å²) < 4.78 is 48.5. The number of hydrogen-bond acceptors (Lipinski definition) is 4. The van der Waals surface area contributed by atoms with Gasteiger partial charge in [0, 0.05) is 12.6 Å². The molecule has 2 heterocycles. The van der Waals surface area contributed by atoms with Crippen LogP contribution in [0.15, 0.2) is 12.1 Å². The van der Waals surface area contributed by atoms with Crippen molar-refractivity contribution in [3.05, 3.63) is 17.7 Å². The van der Waals surface area contributed by atoms with Gasteiger partial charge in [0.15, 0.2) is 0 Å². The molecular formula is C12H15F3N2O2. The Bertz CT molecular complexity index is 433. The summed E-state index contributed by atoms with van der Waals surface area (Å²) in [6.45, 7) is 3.25. The first-order valence-corrected chi connectivity index (χ1v) is 6.06. The third-order valence-corrected chi connectivity index (χ3v) is 2.58. The molecular weight excluding hydrogens is 261 g/mol. The smallest absolute Gasteiger partial charge is 0.416 e. The molecule has 0 atom stereocenters. The first-order valence-electron chi connectivity index (χ1n) is 6.06. The van der Waals surface area contributed by atoms with E-state index in [1.54, 1.807) is 0 Å². The van der Waals surface area contributed by atoms with Crippen molar-refractivity contribution in [1.82, 2.24) is 4.98 Å². The molecule has 1 fully saturated rings. The molecule has 0 radical (unpaired) electrons. The number of rotatable bonds is 5. The van der Waals surface area contributed by atoms with E-state index >= 15 is 0 Å². The second-order valence-corrected chi connectivity index (χ2v) is 4.28. The summed E-state index contributed by atoms with van der Waals surface area (Å²) in [5.41, 5.74) is -0.767. The molecule has 0 aliphatic carbocycles. The topological polar surface area (TPSA) is 43.4 Å². The number of halogens is 3. The molecule has 4 nitrogen and oxygen atoms in total. The third-order valence-electron chi connectivity index (χ3n) is 2.58. The Morgan fingerprint density at radius 1 is 1.42 bits per heavy atom. The molecule has 7 heteroatoms.